The third-order valence-electron chi connectivity index (χ3n) is 4.02. The maximum Gasteiger partial charge on any atom is 0.171 e. The Labute approximate surface area is 160 Å². The second-order valence-electron chi connectivity index (χ2n) is 5.63. The molecule has 128 valence electrons. The molecule has 1 aliphatic rings. The highest BCUT2D eigenvalue weighted by Gasteiger charge is 2.32. The minimum absolute atomic E-state index is 0.0339. The van der Waals surface area contributed by atoms with E-state index in [0.29, 0.717) is 16.4 Å². The van der Waals surface area contributed by atoms with Crippen LogP contribution in [0.25, 0.3) is 5.70 Å². The number of ketones is 1. The number of carbonyl (C=O) groups is 1. The second-order valence-corrected chi connectivity index (χ2v) is 6.95. The van der Waals surface area contributed by atoms with Crippen molar-refractivity contribution in [2.45, 2.75) is 13.0 Å². The average Bonchev–Trinajstić information content (AvgIpc) is 2.61. The molecule has 2 N–H and O–H groups in total. The van der Waals surface area contributed by atoms with E-state index in [2.05, 4.69) is 26.6 Å². The first-order chi connectivity index (χ1) is 12.0. The number of benzene rings is 2. The lowest BCUT2D eigenvalue weighted by Gasteiger charge is -2.32. The van der Waals surface area contributed by atoms with E-state index < -0.39 is 6.04 Å². The molecule has 0 fully saturated rings. The van der Waals surface area contributed by atoms with E-state index in [1.165, 1.54) is 0 Å². The van der Waals surface area contributed by atoms with Crippen LogP contribution in [-0.4, -0.2) is 18.0 Å². The number of nitrogens with one attached hydrogen (secondary N) is 2. The fourth-order valence-corrected chi connectivity index (χ4v) is 3.54. The van der Waals surface area contributed by atoms with Crippen LogP contribution in [0.1, 0.15) is 24.1 Å². The minimum atomic E-state index is -0.395. The normalized spacial score (nSPS) is 16.9. The van der Waals surface area contributed by atoms with Crippen molar-refractivity contribution in [3.63, 3.8) is 0 Å². The Kier molecular flexibility index (Phi) is 5.20. The molecule has 0 saturated heterocycles. The molecule has 0 saturated carbocycles. The highest BCUT2D eigenvalue weighted by atomic mass is 79.9. The van der Waals surface area contributed by atoms with E-state index in [0.717, 1.165) is 21.3 Å². The zero-order valence-corrected chi connectivity index (χ0v) is 16.2. The quantitative estimate of drug-likeness (QED) is 0.738. The molecule has 25 heavy (non-hydrogen) atoms. The van der Waals surface area contributed by atoms with E-state index in [1.807, 2.05) is 48.5 Å². The van der Waals surface area contributed by atoms with Crippen LogP contribution in [0.15, 0.2) is 58.6 Å². The first kappa shape index (κ1) is 17.6. The number of rotatable bonds is 4. The summed E-state index contributed by atoms with van der Waals surface area (Å²) in [5.41, 5.74) is 3.11. The number of methoxy groups -OCH3 is 1. The molecule has 0 radical (unpaired) electrons. The summed E-state index contributed by atoms with van der Waals surface area (Å²) in [6.45, 7) is 1.56. The SMILES string of the molecule is COc1ccc(Br)cc1C1NC(=S)NC(c2ccccc2)=C1C(C)=O. The summed E-state index contributed by atoms with van der Waals surface area (Å²) in [5, 5.41) is 6.82. The van der Waals surface area contributed by atoms with E-state index >= 15 is 0 Å². The Morgan fingerprint density at radius 1 is 1.20 bits per heavy atom. The summed E-state index contributed by atoms with van der Waals surface area (Å²) in [7, 11) is 1.61. The zero-order chi connectivity index (χ0) is 18.0. The highest BCUT2D eigenvalue weighted by Crippen LogP contribution is 2.37. The van der Waals surface area contributed by atoms with Crippen LogP contribution < -0.4 is 15.4 Å². The molecule has 1 heterocycles. The standard InChI is InChI=1S/C19H17BrN2O2S/c1-11(23)16-17(12-6-4-3-5-7-12)21-19(25)22-18(16)14-10-13(20)8-9-15(14)24-2/h3-10,18H,1-2H3,(H2,21,22,25). The van der Waals surface area contributed by atoms with Gasteiger partial charge < -0.3 is 15.4 Å². The van der Waals surface area contributed by atoms with E-state index in [9.17, 15) is 4.79 Å². The summed E-state index contributed by atoms with van der Waals surface area (Å²) in [6, 6.07) is 15.0. The van der Waals surface area contributed by atoms with Crippen molar-refractivity contribution in [1.29, 1.82) is 0 Å². The molecular weight excluding hydrogens is 400 g/mol. The number of Topliss-reactive ketones (excluding diaryl/α,β-unsaturated/α-hetero) is 1. The molecule has 0 amide bonds. The van der Waals surface area contributed by atoms with Gasteiger partial charge in [0.15, 0.2) is 10.9 Å². The van der Waals surface area contributed by atoms with Gasteiger partial charge in [0.2, 0.25) is 0 Å². The van der Waals surface area contributed by atoms with E-state index in [-0.39, 0.29) is 5.78 Å². The van der Waals surface area contributed by atoms with E-state index in [4.69, 9.17) is 17.0 Å². The Morgan fingerprint density at radius 2 is 1.92 bits per heavy atom. The van der Waals surface area contributed by atoms with Crippen LogP contribution in [0.2, 0.25) is 0 Å². The molecule has 2 aromatic rings. The van der Waals surface area contributed by atoms with Crippen LogP contribution in [0.4, 0.5) is 0 Å². The van der Waals surface area contributed by atoms with Crippen LogP contribution in [0, 0.1) is 0 Å². The maximum atomic E-state index is 12.5. The Hall–Kier alpha value is -2.18. The lowest BCUT2D eigenvalue weighted by Crippen LogP contribution is -2.44. The highest BCUT2D eigenvalue weighted by molar-refractivity contribution is 9.10. The van der Waals surface area contributed by atoms with Crippen LogP contribution in [0.5, 0.6) is 5.75 Å². The first-order valence-electron chi connectivity index (χ1n) is 7.72. The largest absolute Gasteiger partial charge is 0.496 e. The minimum Gasteiger partial charge on any atom is -0.496 e. The van der Waals surface area contributed by atoms with Crippen LogP contribution in [-0.2, 0) is 4.79 Å². The first-order valence-corrected chi connectivity index (χ1v) is 8.93. The van der Waals surface area contributed by atoms with Gasteiger partial charge in [0.1, 0.15) is 5.75 Å². The predicted octanol–water partition coefficient (Wildman–Crippen LogP) is 3.98. The van der Waals surface area contributed by atoms with Crippen molar-refractivity contribution >= 4 is 44.7 Å². The molecular formula is C19H17BrN2O2S. The Balaban J connectivity index is 2.23. The Morgan fingerprint density at radius 3 is 2.56 bits per heavy atom. The second kappa shape index (κ2) is 7.37. The molecule has 1 unspecified atom stereocenters. The van der Waals surface area contributed by atoms with Gasteiger partial charge in [-0.1, -0.05) is 46.3 Å². The summed E-state index contributed by atoms with van der Waals surface area (Å²) < 4.78 is 6.40. The van der Waals surface area contributed by atoms with Crippen molar-refractivity contribution in [3.8, 4) is 5.75 Å². The monoisotopic (exact) mass is 416 g/mol. The third kappa shape index (κ3) is 3.60. The van der Waals surface area contributed by atoms with Gasteiger partial charge in [0.05, 0.1) is 18.8 Å². The topological polar surface area (TPSA) is 50.4 Å². The molecule has 1 aliphatic heterocycles. The number of thiocarbonyl (C=S) groups is 1. The van der Waals surface area contributed by atoms with Gasteiger partial charge in [-0.2, -0.15) is 0 Å². The van der Waals surface area contributed by atoms with Crippen molar-refractivity contribution in [3.05, 3.63) is 69.7 Å². The lowest BCUT2D eigenvalue weighted by molar-refractivity contribution is -0.113. The van der Waals surface area contributed by atoms with Gasteiger partial charge in [-0.05, 0) is 42.9 Å². The van der Waals surface area contributed by atoms with Crippen LogP contribution >= 0.6 is 28.1 Å². The smallest absolute Gasteiger partial charge is 0.171 e. The maximum absolute atomic E-state index is 12.5. The molecule has 1 atom stereocenters. The molecule has 6 heteroatoms. The number of hydrogen-bond donors (Lipinski definition) is 2. The zero-order valence-electron chi connectivity index (χ0n) is 13.8. The van der Waals surface area contributed by atoms with Crippen LogP contribution in [0.3, 0.4) is 0 Å². The molecule has 0 spiro atoms. The van der Waals surface area contributed by atoms with Crippen molar-refractivity contribution in [2.75, 3.05) is 7.11 Å². The summed E-state index contributed by atoms with van der Waals surface area (Å²) in [4.78, 5) is 12.5. The average molecular weight is 417 g/mol. The van der Waals surface area contributed by atoms with Crippen molar-refractivity contribution in [2.24, 2.45) is 0 Å². The van der Waals surface area contributed by atoms with Gasteiger partial charge in [0.25, 0.3) is 0 Å². The van der Waals surface area contributed by atoms with Crippen molar-refractivity contribution < 1.29 is 9.53 Å². The number of ether oxygens (including phenoxy) is 1. The number of hydrogen-bond acceptors (Lipinski definition) is 3. The number of carbonyl (C=O) groups excluding carboxylic acids is 1. The Bertz CT molecular complexity index is 865. The third-order valence-corrected chi connectivity index (χ3v) is 4.73. The van der Waals surface area contributed by atoms with Gasteiger partial charge in [-0.15, -0.1) is 0 Å². The molecule has 2 aromatic carbocycles. The molecule has 0 aromatic heterocycles. The van der Waals surface area contributed by atoms with Crippen molar-refractivity contribution in [1.82, 2.24) is 10.6 Å². The van der Waals surface area contributed by atoms with Gasteiger partial charge in [-0.3, -0.25) is 4.79 Å². The van der Waals surface area contributed by atoms with Gasteiger partial charge in [0, 0.05) is 15.6 Å². The summed E-state index contributed by atoms with van der Waals surface area (Å²) in [5.74, 6) is 0.657. The summed E-state index contributed by atoms with van der Waals surface area (Å²) >= 11 is 8.88. The molecule has 0 aliphatic carbocycles. The fourth-order valence-electron chi connectivity index (χ4n) is 2.94. The fraction of sp³-hybridized carbons (Fsp3) is 0.158. The summed E-state index contributed by atoms with van der Waals surface area (Å²) in [6.07, 6.45) is 0. The van der Waals surface area contributed by atoms with Gasteiger partial charge in [-0.25, -0.2) is 0 Å². The lowest BCUT2D eigenvalue weighted by atomic mass is 9.90. The molecule has 4 nitrogen and oxygen atoms in total. The molecule has 0 bridgehead atoms. The molecule has 3 rings (SSSR count). The number of halogens is 1. The predicted molar refractivity (Wildman–Crippen MR) is 106 cm³/mol. The van der Waals surface area contributed by atoms with E-state index in [1.54, 1.807) is 14.0 Å². The van der Waals surface area contributed by atoms with Gasteiger partial charge >= 0.3 is 0 Å².